The van der Waals surface area contributed by atoms with Crippen molar-refractivity contribution in [3.63, 3.8) is 0 Å². The summed E-state index contributed by atoms with van der Waals surface area (Å²) in [5, 5.41) is 9.74. The van der Waals surface area contributed by atoms with Crippen LogP contribution in [0, 0.1) is 5.82 Å². The Kier molecular flexibility index (Phi) is 4.02. The third kappa shape index (κ3) is 2.92. The Morgan fingerprint density at radius 2 is 2.09 bits per heavy atom. The Morgan fingerprint density at radius 3 is 2.82 bits per heavy atom. The second-order valence-corrected chi connectivity index (χ2v) is 5.05. The van der Waals surface area contributed by atoms with Gasteiger partial charge in [-0.05, 0) is 23.8 Å². The average Bonchev–Trinajstić information content (AvgIpc) is 2.55. The number of carbonyl (C=O) groups excluding carboxylic acids is 1. The van der Waals surface area contributed by atoms with E-state index in [2.05, 4.69) is 4.98 Å². The van der Waals surface area contributed by atoms with Crippen LogP contribution in [0.15, 0.2) is 42.7 Å². The molecule has 1 aromatic heterocycles. The number of carbonyl (C=O) groups is 1. The molecule has 2 heterocycles. The molecule has 1 fully saturated rings. The Balaban J connectivity index is 1.77. The number of hydrogen-bond acceptors (Lipinski definition) is 4. The number of aromatic hydroxyl groups is 1. The number of benzene rings is 1. The van der Waals surface area contributed by atoms with Gasteiger partial charge in [-0.1, -0.05) is 12.1 Å². The minimum Gasteiger partial charge on any atom is -0.505 e. The molecule has 1 aliphatic heterocycles. The normalized spacial score (nSPS) is 18.2. The third-order valence-corrected chi connectivity index (χ3v) is 3.63. The fourth-order valence-corrected chi connectivity index (χ4v) is 2.45. The van der Waals surface area contributed by atoms with Crippen LogP contribution in [0.25, 0.3) is 0 Å². The number of halogens is 1. The molecule has 22 heavy (non-hydrogen) atoms. The fraction of sp³-hybridized carbons (Fsp3) is 0.250. The summed E-state index contributed by atoms with van der Waals surface area (Å²) in [4.78, 5) is 17.9. The van der Waals surface area contributed by atoms with Crippen molar-refractivity contribution in [1.82, 2.24) is 9.88 Å². The molecule has 0 saturated carbocycles. The molecule has 1 amide bonds. The van der Waals surface area contributed by atoms with Crippen molar-refractivity contribution in [2.24, 2.45) is 0 Å². The van der Waals surface area contributed by atoms with Crippen molar-refractivity contribution < 1.29 is 19.0 Å². The topological polar surface area (TPSA) is 62.7 Å². The van der Waals surface area contributed by atoms with Crippen LogP contribution in [0.3, 0.4) is 0 Å². The summed E-state index contributed by atoms with van der Waals surface area (Å²) in [6.45, 7) is 1.18. The predicted molar refractivity (Wildman–Crippen MR) is 76.9 cm³/mol. The lowest BCUT2D eigenvalue weighted by atomic mass is 10.1. The standard InChI is InChI=1S/C16H15FN2O3/c17-12-3-1-11(2-4-12)15-10-19(7-8-22-15)16(21)13-5-6-18-9-14(13)20/h1-6,9,15,20H,7-8,10H2. The van der Waals surface area contributed by atoms with Crippen LogP contribution >= 0.6 is 0 Å². The highest BCUT2D eigenvalue weighted by Crippen LogP contribution is 2.25. The van der Waals surface area contributed by atoms with Gasteiger partial charge in [0.05, 0.1) is 24.9 Å². The summed E-state index contributed by atoms with van der Waals surface area (Å²) in [6.07, 6.45) is 2.40. The van der Waals surface area contributed by atoms with E-state index in [-0.39, 0.29) is 29.1 Å². The Morgan fingerprint density at radius 1 is 1.32 bits per heavy atom. The number of morpholine rings is 1. The molecule has 1 aliphatic rings. The van der Waals surface area contributed by atoms with E-state index in [1.165, 1.54) is 30.6 Å². The van der Waals surface area contributed by atoms with E-state index in [0.29, 0.717) is 19.7 Å². The lowest BCUT2D eigenvalue weighted by molar-refractivity contribution is -0.0229. The minimum absolute atomic E-state index is 0.141. The summed E-state index contributed by atoms with van der Waals surface area (Å²) in [6, 6.07) is 7.53. The first-order valence-electron chi connectivity index (χ1n) is 6.94. The lowest BCUT2D eigenvalue weighted by Crippen LogP contribution is -2.42. The van der Waals surface area contributed by atoms with E-state index in [9.17, 15) is 14.3 Å². The van der Waals surface area contributed by atoms with Gasteiger partial charge in [-0.25, -0.2) is 4.39 Å². The molecule has 0 radical (unpaired) electrons. The zero-order chi connectivity index (χ0) is 15.5. The first kappa shape index (κ1) is 14.5. The zero-order valence-corrected chi connectivity index (χ0v) is 11.8. The Labute approximate surface area is 127 Å². The molecule has 5 nitrogen and oxygen atoms in total. The van der Waals surface area contributed by atoms with Gasteiger partial charge in [-0.2, -0.15) is 0 Å². The average molecular weight is 302 g/mol. The van der Waals surface area contributed by atoms with Gasteiger partial charge in [-0.3, -0.25) is 9.78 Å². The number of amides is 1. The molecular weight excluding hydrogens is 287 g/mol. The van der Waals surface area contributed by atoms with E-state index < -0.39 is 0 Å². The number of nitrogens with zero attached hydrogens (tertiary/aromatic N) is 2. The summed E-state index contributed by atoms with van der Waals surface area (Å²) >= 11 is 0. The Bertz CT molecular complexity index is 675. The molecule has 0 spiro atoms. The summed E-state index contributed by atoms with van der Waals surface area (Å²) < 4.78 is 18.6. The highest BCUT2D eigenvalue weighted by atomic mass is 19.1. The molecule has 1 atom stereocenters. The van der Waals surface area contributed by atoms with Crippen molar-refractivity contribution >= 4 is 5.91 Å². The largest absolute Gasteiger partial charge is 0.505 e. The molecular formula is C16H15FN2O3. The van der Waals surface area contributed by atoms with Gasteiger partial charge in [0.1, 0.15) is 17.7 Å². The molecule has 6 heteroatoms. The van der Waals surface area contributed by atoms with Crippen LogP contribution in [0.1, 0.15) is 22.0 Å². The third-order valence-electron chi connectivity index (χ3n) is 3.63. The van der Waals surface area contributed by atoms with E-state index in [0.717, 1.165) is 5.56 Å². The second kappa shape index (κ2) is 6.11. The number of aromatic nitrogens is 1. The first-order valence-corrected chi connectivity index (χ1v) is 6.94. The molecule has 0 aliphatic carbocycles. The number of pyridine rings is 1. The summed E-state index contributed by atoms with van der Waals surface area (Å²) in [5.41, 5.74) is 1.03. The van der Waals surface area contributed by atoms with Gasteiger partial charge < -0.3 is 14.7 Å². The van der Waals surface area contributed by atoms with Gasteiger partial charge in [0.15, 0.2) is 0 Å². The molecule has 1 unspecified atom stereocenters. The monoisotopic (exact) mass is 302 g/mol. The SMILES string of the molecule is O=C(c1ccncc1O)N1CCOC(c2ccc(F)cc2)C1. The first-order chi connectivity index (χ1) is 10.6. The van der Waals surface area contributed by atoms with Gasteiger partial charge >= 0.3 is 0 Å². The van der Waals surface area contributed by atoms with Crippen molar-refractivity contribution in [2.45, 2.75) is 6.10 Å². The zero-order valence-electron chi connectivity index (χ0n) is 11.8. The van der Waals surface area contributed by atoms with Gasteiger partial charge in [0.2, 0.25) is 0 Å². The predicted octanol–water partition coefficient (Wildman–Crippen LogP) is 2.14. The van der Waals surface area contributed by atoms with Crippen LogP contribution in [-0.4, -0.2) is 40.6 Å². The van der Waals surface area contributed by atoms with E-state index in [4.69, 9.17) is 4.74 Å². The van der Waals surface area contributed by atoms with Crippen LogP contribution in [0.5, 0.6) is 5.75 Å². The smallest absolute Gasteiger partial charge is 0.257 e. The highest BCUT2D eigenvalue weighted by Gasteiger charge is 2.27. The van der Waals surface area contributed by atoms with Crippen molar-refractivity contribution in [3.05, 3.63) is 59.7 Å². The fourth-order valence-electron chi connectivity index (χ4n) is 2.45. The van der Waals surface area contributed by atoms with Crippen LogP contribution in [0.4, 0.5) is 4.39 Å². The van der Waals surface area contributed by atoms with Crippen LogP contribution < -0.4 is 0 Å². The molecule has 3 rings (SSSR count). The second-order valence-electron chi connectivity index (χ2n) is 5.05. The van der Waals surface area contributed by atoms with Crippen molar-refractivity contribution in [2.75, 3.05) is 19.7 Å². The van der Waals surface area contributed by atoms with Gasteiger partial charge in [0, 0.05) is 12.7 Å². The quantitative estimate of drug-likeness (QED) is 0.923. The maximum absolute atomic E-state index is 13.0. The summed E-state index contributed by atoms with van der Waals surface area (Å²) in [7, 11) is 0. The minimum atomic E-state index is -0.311. The molecule has 1 aromatic carbocycles. The molecule has 1 saturated heterocycles. The van der Waals surface area contributed by atoms with E-state index in [1.54, 1.807) is 17.0 Å². The van der Waals surface area contributed by atoms with Gasteiger partial charge in [-0.15, -0.1) is 0 Å². The van der Waals surface area contributed by atoms with Crippen molar-refractivity contribution in [3.8, 4) is 5.75 Å². The van der Waals surface area contributed by atoms with Crippen LogP contribution in [0.2, 0.25) is 0 Å². The molecule has 2 aromatic rings. The molecule has 114 valence electrons. The Hall–Kier alpha value is -2.47. The highest BCUT2D eigenvalue weighted by molar-refractivity contribution is 5.96. The van der Waals surface area contributed by atoms with Crippen molar-refractivity contribution in [1.29, 1.82) is 0 Å². The number of ether oxygens (including phenoxy) is 1. The molecule has 0 bridgehead atoms. The lowest BCUT2D eigenvalue weighted by Gasteiger charge is -2.33. The molecule has 1 N–H and O–H groups in total. The number of hydrogen-bond donors (Lipinski definition) is 1. The number of rotatable bonds is 2. The maximum Gasteiger partial charge on any atom is 0.257 e. The van der Waals surface area contributed by atoms with Gasteiger partial charge in [0.25, 0.3) is 5.91 Å². The van der Waals surface area contributed by atoms with E-state index >= 15 is 0 Å². The van der Waals surface area contributed by atoms with Crippen LogP contribution in [-0.2, 0) is 4.74 Å². The van der Waals surface area contributed by atoms with E-state index in [1.807, 2.05) is 0 Å². The summed E-state index contributed by atoms with van der Waals surface area (Å²) in [5.74, 6) is -0.721. The maximum atomic E-state index is 13.0.